The van der Waals surface area contributed by atoms with Crippen molar-refractivity contribution < 1.29 is 14.3 Å². The third kappa shape index (κ3) is 2.46. The molecule has 1 aliphatic rings. The lowest BCUT2D eigenvalue weighted by atomic mass is 10.2. The normalized spacial score (nSPS) is 12.5. The summed E-state index contributed by atoms with van der Waals surface area (Å²) in [5, 5.41) is 3.77. The third-order valence-corrected chi connectivity index (χ3v) is 3.89. The average Bonchev–Trinajstić information content (AvgIpc) is 3.01. The van der Waals surface area contributed by atoms with Crippen molar-refractivity contribution in [2.45, 2.75) is 20.4 Å². The number of amides is 1. The van der Waals surface area contributed by atoms with Crippen LogP contribution in [0.2, 0.25) is 0 Å². The fraction of sp³-hybridized carbons (Fsp3) is 0.286. The number of carbonyl (C=O) groups excluding carboxylic acids is 1. The molecular weight excluding hydrogens is 276 g/mol. The van der Waals surface area contributed by atoms with Crippen molar-refractivity contribution in [3.05, 3.63) is 39.3 Å². The largest absolute Gasteiger partial charge is 0.454 e. The van der Waals surface area contributed by atoms with Gasteiger partial charge in [-0.1, -0.05) is 6.07 Å². The van der Waals surface area contributed by atoms with Crippen molar-refractivity contribution >= 4 is 17.2 Å². The van der Waals surface area contributed by atoms with Crippen LogP contribution in [0.25, 0.3) is 0 Å². The molecule has 2 aromatic rings. The van der Waals surface area contributed by atoms with E-state index in [2.05, 4.69) is 10.3 Å². The predicted octanol–water partition coefficient (Wildman–Crippen LogP) is 2.42. The number of rotatable bonds is 3. The van der Waals surface area contributed by atoms with E-state index in [-0.39, 0.29) is 12.7 Å². The predicted molar refractivity (Wildman–Crippen MR) is 75.3 cm³/mol. The van der Waals surface area contributed by atoms with Crippen LogP contribution in [0.5, 0.6) is 11.5 Å². The smallest absolute Gasteiger partial charge is 0.271 e. The minimum atomic E-state index is -0.149. The number of nitrogens with one attached hydrogen (secondary N) is 1. The Hall–Kier alpha value is -2.08. The molecule has 0 spiro atoms. The van der Waals surface area contributed by atoms with Crippen molar-refractivity contribution in [2.75, 3.05) is 6.79 Å². The summed E-state index contributed by atoms with van der Waals surface area (Å²) in [6, 6.07) is 5.64. The van der Waals surface area contributed by atoms with Crippen molar-refractivity contribution in [1.82, 2.24) is 10.3 Å². The molecule has 1 N–H and O–H groups in total. The highest BCUT2D eigenvalue weighted by Gasteiger charge is 2.15. The van der Waals surface area contributed by atoms with Gasteiger partial charge in [0, 0.05) is 11.4 Å². The Bertz CT molecular complexity index is 666. The number of hydrogen-bond acceptors (Lipinski definition) is 5. The Labute approximate surface area is 120 Å². The van der Waals surface area contributed by atoms with Crippen LogP contribution in [0.3, 0.4) is 0 Å². The summed E-state index contributed by atoms with van der Waals surface area (Å²) in [6.45, 7) is 4.49. The van der Waals surface area contributed by atoms with Crippen LogP contribution in [0, 0.1) is 13.8 Å². The van der Waals surface area contributed by atoms with E-state index in [1.807, 2.05) is 32.0 Å². The second kappa shape index (κ2) is 5.13. The summed E-state index contributed by atoms with van der Waals surface area (Å²) in [7, 11) is 0. The monoisotopic (exact) mass is 290 g/mol. The molecule has 20 heavy (non-hydrogen) atoms. The van der Waals surface area contributed by atoms with E-state index < -0.39 is 0 Å². The van der Waals surface area contributed by atoms with Crippen LogP contribution in [-0.4, -0.2) is 17.7 Å². The molecule has 2 heterocycles. The number of aromatic nitrogens is 1. The van der Waals surface area contributed by atoms with E-state index in [0.717, 1.165) is 26.9 Å². The molecule has 1 aliphatic heterocycles. The summed E-state index contributed by atoms with van der Waals surface area (Å²) in [5.41, 5.74) is 1.47. The second-order valence-corrected chi connectivity index (χ2v) is 5.92. The van der Waals surface area contributed by atoms with Gasteiger partial charge < -0.3 is 14.8 Å². The molecule has 6 heteroatoms. The van der Waals surface area contributed by atoms with Crippen LogP contribution < -0.4 is 14.8 Å². The highest BCUT2D eigenvalue weighted by molar-refractivity contribution is 7.11. The summed E-state index contributed by atoms with van der Waals surface area (Å²) in [4.78, 5) is 17.2. The van der Waals surface area contributed by atoms with Crippen molar-refractivity contribution in [1.29, 1.82) is 0 Å². The molecule has 0 saturated heterocycles. The van der Waals surface area contributed by atoms with Gasteiger partial charge in [0.2, 0.25) is 6.79 Å². The zero-order valence-corrected chi connectivity index (χ0v) is 12.0. The molecule has 5 nitrogen and oxygen atoms in total. The van der Waals surface area contributed by atoms with Gasteiger partial charge >= 0.3 is 0 Å². The Kier molecular flexibility index (Phi) is 3.31. The minimum absolute atomic E-state index is 0.149. The first-order valence-corrected chi connectivity index (χ1v) is 7.06. The van der Waals surface area contributed by atoms with E-state index in [1.54, 1.807) is 0 Å². The van der Waals surface area contributed by atoms with E-state index >= 15 is 0 Å². The lowest BCUT2D eigenvalue weighted by Crippen LogP contribution is -2.23. The zero-order valence-electron chi connectivity index (χ0n) is 11.2. The van der Waals surface area contributed by atoms with Crippen LogP contribution in [0.1, 0.15) is 25.9 Å². The van der Waals surface area contributed by atoms with Gasteiger partial charge in [-0.2, -0.15) is 0 Å². The molecule has 0 radical (unpaired) electrons. The van der Waals surface area contributed by atoms with Crippen molar-refractivity contribution in [2.24, 2.45) is 0 Å². The van der Waals surface area contributed by atoms with Gasteiger partial charge in [0.15, 0.2) is 11.5 Å². The maximum Gasteiger partial charge on any atom is 0.271 e. The Morgan fingerprint density at radius 2 is 2.15 bits per heavy atom. The van der Waals surface area contributed by atoms with Gasteiger partial charge in [-0.15, -0.1) is 11.3 Å². The van der Waals surface area contributed by atoms with Gasteiger partial charge in [0.05, 0.1) is 5.01 Å². The molecule has 0 aliphatic carbocycles. The molecule has 0 bridgehead atoms. The summed E-state index contributed by atoms with van der Waals surface area (Å²) in [6.07, 6.45) is 0. The van der Waals surface area contributed by atoms with Crippen LogP contribution in [-0.2, 0) is 6.54 Å². The summed E-state index contributed by atoms with van der Waals surface area (Å²) >= 11 is 1.53. The summed E-state index contributed by atoms with van der Waals surface area (Å²) in [5.74, 6) is 1.31. The highest BCUT2D eigenvalue weighted by Crippen LogP contribution is 2.32. The average molecular weight is 290 g/mol. The van der Waals surface area contributed by atoms with E-state index in [4.69, 9.17) is 9.47 Å². The van der Waals surface area contributed by atoms with Gasteiger partial charge in [-0.05, 0) is 31.5 Å². The Balaban J connectivity index is 1.67. The number of hydrogen-bond donors (Lipinski definition) is 1. The molecule has 0 fully saturated rings. The SMILES string of the molecule is Cc1nc(C(=O)NCc2ccc3c(c2)OCO3)c(C)s1. The second-order valence-electron chi connectivity index (χ2n) is 4.51. The number of nitrogens with zero attached hydrogens (tertiary/aromatic N) is 1. The maximum absolute atomic E-state index is 12.1. The van der Waals surface area contributed by atoms with Gasteiger partial charge in [0.25, 0.3) is 5.91 Å². The number of carbonyl (C=O) groups is 1. The Morgan fingerprint density at radius 3 is 2.90 bits per heavy atom. The molecule has 1 aromatic heterocycles. The first-order valence-electron chi connectivity index (χ1n) is 6.24. The summed E-state index contributed by atoms with van der Waals surface area (Å²) < 4.78 is 10.6. The molecule has 1 aromatic carbocycles. The van der Waals surface area contributed by atoms with Gasteiger partial charge in [0.1, 0.15) is 5.69 Å². The molecule has 3 rings (SSSR count). The highest BCUT2D eigenvalue weighted by atomic mass is 32.1. The molecule has 0 saturated carbocycles. The van der Waals surface area contributed by atoms with Crippen LogP contribution >= 0.6 is 11.3 Å². The topological polar surface area (TPSA) is 60.5 Å². The number of benzene rings is 1. The molecule has 0 atom stereocenters. The number of ether oxygens (including phenoxy) is 2. The van der Waals surface area contributed by atoms with E-state index in [9.17, 15) is 4.79 Å². The third-order valence-electron chi connectivity index (χ3n) is 3.01. The van der Waals surface area contributed by atoms with Crippen LogP contribution in [0.15, 0.2) is 18.2 Å². The van der Waals surface area contributed by atoms with Gasteiger partial charge in [-0.25, -0.2) is 4.98 Å². The number of thiazole rings is 1. The standard InChI is InChI=1S/C14H14N2O3S/c1-8-13(16-9(2)20-8)14(17)15-6-10-3-4-11-12(5-10)19-7-18-11/h3-5H,6-7H2,1-2H3,(H,15,17). The fourth-order valence-corrected chi connectivity index (χ4v) is 2.87. The lowest BCUT2D eigenvalue weighted by Gasteiger charge is -2.05. The Morgan fingerprint density at radius 1 is 1.35 bits per heavy atom. The number of fused-ring (bicyclic) bond motifs is 1. The van der Waals surface area contributed by atoms with Crippen molar-refractivity contribution in [3.8, 4) is 11.5 Å². The quantitative estimate of drug-likeness (QED) is 0.943. The first kappa shape index (κ1) is 12.9. The van der Waals surface area contributed by atoms with Gasteiger partial charge in [-0.3, -0.25) is 4.79 Å². The molecular formula is C14H14N2O3S. The fourth-order valence-electron chi connectivity index (χ4n) is 2.06. The zero-order chi connectivity index (χ0) is 14.1. The van der Waals surface area contributed by atoms with Crippen molar-refractivity contribution in [3.63, 3.8) is 0 Å². The first-order chi connectivity index (χ1) is 9.63. The molecule has 1 amide bonds. The molecule has 0 unspecified atom stereocenters. The maximum atomic E-state index is 12.1. The minimum Gasteiger partial charge on any atom is -0.454 e. The lowest BCUT2D eigenvalue weighted by molar-refractivity contribution is 0.0946. The van der Waals surface area contributed by atoms with E-state index in [1.165, 1.54) is 11.3 Å². The van der Waals surface area contributed by atoms with Crippen LogP contribution in [0.4, 0.5) is 0 Å². The van der Waals surface area contributed by atoms with E-state index in [0.29, 0.717) is 12.2 Å². The molecule has 104 valence electrons. The number of aryl methyl sites for hydroxylation is 2.